The number of hydrogen-bond acceptors (Lipinski definition) is 11. The van der Waals surface area contributed by atoms with E-state index >= 15 is 0 Å². The number of ether oxygens (including phenoxy) is 3. The van der Waals surface area contributed by atoms with Gasteiger partial charge in [-0.05, 0) is 104 Å². The highest BCUT2D eigenvalue weighted by molar-refractivity contribution is 5.98. The second kappa shape index (κ2) is 26.2. The number of anilines is 2. The first-order chi connectivity index (χ1) is 35.4. The largest absolute Gasteiger partial charge is 0.497 e. The van der Waals surface area contributed by atoms with Crippen molar-refractivity contribution in [2.24, 2.45) is 17.4 Å². The molecule has 1 saturated carbocycles. The Bertz CT molecular complexity index is 2670. The number of fused-ring (bicyclic) bond motifs is 1. The summed E-state index contributed by atoms with van der Waals surface area (Å²) in [4.78, 5) is 76.2. The van der Waals surface area contributed by atoms with E-state index in [9.17, 15) is 24.0 Å². The van der Waals surface area contributed by atoms with Crippen LogP contribution in [0.2, 0.25) is 0 Å². The van der Waals surface area contributed by atoms with Gasteiger partial charge in [-0.1, -0.05) is 48.9 Å². The number of nitrogens with two attached hydrogens (primary N) is 2. The normalized spacial score (nSPS) is 16.8. The molecule has 5 amide bonds. The molecule has 0 radical (unpaired) electrons. The lowest BCUT2D eigenvalue weighted by atomic mass is 9.85. The highest BCUT2D eigenvalue weighted by Crippen LogP contribution is 2.30. The Morgan fingerprint density at radius 1 is 0.808 bits per heavy atom. The summed E-state index contributed by atoms with van der Waals surface area (Å²) in [6.07, 6.45) is 5.68. The number of unbranched alkanes of at least 4 members (excludes halogenated alkanes) is 1. The fourth-order valence-corrected chi connectivity index (χ4v) is 9.37. The predicted molar refractivity (Wildman–Crippen MR) is 281 cm³/mol. The number of para-hydroxylation sites is 1. The number of guanidine groups is 1. The molecule has 12 N–H and O–H groups in total. The summed E-state index contributed by atoms with van der Waals surface area (Å²) >= 11 is 0. The van der Waals surface area contributed by atoms with Crippen molar-refractivity contribution in [1.29, 1.82) is 5.41 Å². The summed E-state index contributed by atoms with van der Waals surface area (Å²) in [7, 11) is 3.17. The van der Waals surface area contributed by atoms with Crippen molar-refractivity contribution in [1.82, 2.24) is 31.6 Å². The van der Waals surface area contributed by atoms with Gasteiger partial charge in [-0.25, -0.2) is 0 Å². The van der Waals surface area contributed by atoms with Gasteiger partial charge in [-0.2, -0.15) is 0 Å². The van der Waals surface area contributed by atoms with Gasteiger partial charge in [-0.15, -0.1) is 0 Å². The molecule has 5 atom stereocenters. The summed E-state index contributed by atoms with van der Waals surface area (Å²) in [5, 5.41) is 25.5. The van der Waals surface area contributed by atoms with Crippen LogP contribution >= 0.6 is 0 Å². The fourth-order valence-electron chi connectivity index (χ4n) is 9.37. The van der Waals surface area contributed by atoms with E-state index in [4.69, 9.17) is 31.1 Å². The Morgan fingerprint density at radius 3 is 2.25 bits per heavy atom. The van der Waals surface area contributed by atoms with Crippen LogP contribution in [0, 0.1) is 11.3 Å². The number of carbonyl (C=O) groups excluding carboxylic acids is 5. The first-order valence-electron chi connectivity index (χ1n) is 25.0. The minimum absolute atomic E-state index is 0.00973. The maximum absolute atomic E-state index is 14.8. The molecule has 1 aliphatic carbocycles. The van der Waals surface area contributed by atoms with E-state index in [-0.39, 0.29) is 43.7 Å². The van der Waals surface area contributed by atoms with Crippen LogP contribution in [0.25, 0.3) is 22.0 Å². The van der Waals surface area contributed by atoms with Crippen molar-refractivity contribution in [2.75, 3.05) is 63.8 Å². The highest BCUT2D eigenvalue weighted by atomic mass is 16.5. The van der Waals surface area contributed by atoms with Crippen LogP contribution in [0.3, 0.4) is 0 Å². The number of carbonyl (C=O) groups is 5. The van der Waals surface area contributed by atoms with Gasteiger partial charge < -0.3 is 67.5 Å². The Balaban J connectivity index is 1.12. The average molecular weight is 1000 g/mol. The monoisotopic (exact) mass is 1000 g/mol. The number of morpholine rings is 1. The molecule has 2 fully saturated rings. The van der Waals surface area contributed by atoms with Gasteiger partial charge in [0, 0.05) is 78.5 Å². The average Bonchev–Trinajstić information content (AvgIpc) is 3.81. The van der Waals surface area contributed by atoms with Crippen LogP contribution in [0.4, 0.5) is 11.4 Å². The number of methoxy groups -OCH3 is 2. The number of H-pyrrole nitrogens is 1. The van der Waals surface area contributed by atoms with E-state index in [0.29, 0.717) is 68.2 Å². The van der Waals surface area contributed by atoms with Crippen molar-refractivity contribution in [3.05, 3.63) is 108 Å². The molecular weight excluding hydrogens is 931 g/mol. The molecule has 0 spiro atoms. The van der Waals surface area contributed by atoms with Gasteiger partial charge in [0.15, 0.2) is 5.96 Å². The van der Waals surface area contributed by atoms with Crippen LogP contribution in [0.15, 0.2) is 97.2 Å². The predicted octanol–water partition coefficient (Wildman–Crippen LogP) is 3.85. The third kappa shape index (κ3) is 15.2. The van der Waals surface area contributed by atoms with Crippen LogP contribution in [0.1, 0.15) is 56.1 Å². The summed E-state index contributed by atoms with van der Waals surface area (Å²) in [5.74, 6) is -1.93. The van der Waals surface area contributed by atoms with Crippen LogP contribution < -0.4 is 57.7 Å². The molecule has 2 heterocycles. The van der Waals surface area contributed by atoms with E-state index in [2.05, 4.69) is 41.8 Å². The molecule has 0 bridgehead atoms. The minimum Gasteiger partial charge on any atom is -0.497 e. The number of benzene rings is 4. The van der Waals surface area contributed by atoms with Crippen molar-refractivity contribution in [2.45, 2.75) is 82.0 Å². The van der Waals surface area contributed by atoms with Gasteiger partial charge in [0.25, 0.3) is 0 Å². The lowest BCUT2D eigenvalue weighted by molar-refractivity contribution is -0.134. The maximum Gasteiger partial charge on any atom is 0.243 e. The second-order valence-electron chi connectivity index (χ2n) is 18.6. The quantitative estimate of drug-likeness (QED) is 0.0254. The summed E-state index contributed by atoms with van der Waals surface area (Å²) in [6.45, 7) is 2.80. The molecule has 4 aromatic carbocycles. The minimum atomic E-state index is -1.24. The third-order valence-corrected chi connectivity index (χ3v) is 13.4. The standard InChI is InChI=1S/C54H69N11O8/c1-71-41-21-22-44-43(31-41)37(32-59-44)30-47(63-50(67)36-8-7-9-38(55)29-36)53(70)64-46(28-34-13-15-35(16-14-34)42-10-3-4-12-48(42)72-2)52(69)62-45(11-5-6-23-58-54(56)57)51(68)60-33-49(66)61-39-17-19-40(20-18-39)65-24-26-73-27-25-65/h3-4,10,12-22,31-32,36,38,45-47,59H,5-9,11,23-30,33,55H2,1-2H3,(H,60,68)(H,61,66)(H,62,69)(H,63,67)(H,64,70)(H4,56,57,58). The summed E-state index contributed by atoms with van der Waals surface area (Å²) in [5.41, 5.74) is 17.3. The Morgan fingerprint density at radius 2 is 1.53 bits per heavy atom. The van der Waals surface area contributed by atoms with Gasteiger partial charge in [0.2, 0.25) is 29.5 Å². The SMILES string of the molecule is COc1ccc2[nH]cc(CC(NC(=O)C3CCCC(N)C3)C(=O)NC(Cc3ccc(-c4ccccc4OC)cc3)C(=O)NC(CCCCNC(=N)N)C(=O)NCC(=O)Nc3ccc(N4CCOCC4)cc3)c2c1. The molecular formula is C54H69N11O8. The first-order valence-corrected chi connectivity index (χ1v) is 25.0. The third-order valence-electron chi connectivity index (χ3n) is 13.4. The molecule has 19 nitrogen and oxygen atoms in total. The zero-order valence-corrected chi connectivity index (χ0v) is 41.6. The molecule has 19 heteroatoms. The number of amides is 5. The molecule has 1 aliphatic heterocycles. The highest BCUT2D eigenvalue weighted by Gasteiger charge is 2.33. The molecule has 5 unspecified atom stereocenters. The molecule has 5 aromatic rings. The molecule has 1 aromatic heterocycles. The van der Waals surface area contributed by atoms with Crippen molar-refractivity contribution < 1.29 is 38.2 Å². The molecule has 388 valence electrons. The topological polar surface area (TPSA) is 280 Å². The summed E-state index contributed by atoms with van der Waals surface area (Å²) in [6, 6.07) is 24.5. The van der Waals surface area contributed by atoms with Gasteiger partial charge >= 0.3 is 0 Å². The Labute approximate surface area is 425 Å². The van der Waals surface area contributed by atoms with E-state index in [1.165, 1.54) is 0 Å². The van der Waals surface area contributed by atoms with Crippen molar-refractivity contribution >= 4 is 57.8 Å². The molecule has 73 heavy (non-hydrogen) atoms. The van der Waals surface area contributed by atoms with Crippen LogP contribution in [-0.4, -0.2) is 118 Å². The molecule has 7 rings (SSSR count). The zero-order chi connectivity index (χ0) is 51.7. The van der Waals surface area contributed by atoms with Crippen molar-refractivity contribution in [3.63, 3.8) is 0 Å². The smallest absolute Gasteiger partial charge is 0.243 e. The van der Waals surface area contributed by atoms with E-state index in [0.717, 1.165) is 59.2 Å². The van der Waals surface area contributed by atoms with Gasteiger partial charge in [0.05, 0.1) is 34.0 Å². The lowest BCUT2D eigenvalue weighted by Crippen LogP contribution is -2.58. The van der Waals surface area contributed by atoms with Gasteiger partial charge in [0.1, 0.15) is 29.6 Å². The molecule has 1 saturated heterocycles. The number of hydrogen-bond donors (Lipinski definition) is 10. The van der Waals surface area contributed by atoms with E-state index < -0.39 is 47.7 Å². The van der Waals surface area contributed by atoms with E-state index in [1.807, 2.05) is 78.9 Å². The fraction of sp³-hybridized carbons (Fsp3) is 0.407. The zero-order valence-electron chi connectivity index (χ0n) is 41.6. The number of aromatic amines is 1. The maximum atomic E-state index is 14.8. The lowest BCUT2D eigenvalue weighted by Gasteiger charge is -2.29. The second-order valence-corrected chi connectivity index (χ2v) is 18.6. The number of rotatable bonds is 23. The number of nitrogens with one attached hydrogen (secondary N) is 8. The number of nitrogens with zero attached hydrogens (tertiary/aromatic N) is 1. The number of aromatic nitrogens is 1. The van der Waals surface area contributed by atoms with Crippen LogP contribution in [0.5, 0.6) is 11.5 Å². The first kappa shape index (κ1) is 53.2. The molecule has 2 aliphatic rings. The Hall–Kier alpha value is -7.64. The van der Waals surface area contributed by atoms with Crippen molar-refractivity contribution in [3.8, 4) is 22.6 Å². The van der Waals surface area contributed by atoms with E-state index in [1.54, 1.807) is 32.5 Å². The Kier molecular flexibility index (Phi) is 19.1. The van der Waals surface area contributed by atoms with Crippen LogP contribution in [-0.2, 0) is 41.6 Å². The van der Waals surface area contributed by atoms with Gasteiger partial charge in [-0.3, -0.25) is 29.4 Å². The summed E-state index contributed by atoms with van der Waals surface area (Å²) < 4.78 is 16.6.